The van der Waals surface area contributed by atoms with E-state index in [9.17, 15) is 19.8 Å². The van der Waals surface area contributed by atoms with Gasteiger partial charge in [0.05, 0.1) is 29.7 Å². The number of carbonyl (C=O) groups is 2. The van der Waals surface area contributed by atoms with Gasteiger partial charge in [0.1, 0.15) is 11.9 Å². The first-order chi connectivity index (χ1) is 17.3. The van der Waals surface area contributed by atoms with Crippen LogP contribution in [0.3, 0.4) is 0 Å². The fourth-order valence-corrected chi connectivity index (χ4v) is 5.91. The molecule has 1 fully saturated rings. The Kier molecular flexibility index (Phi) is 6.66. The maximum absolute atomic E-state index is 12.6. The summed E-state index contributed by atoms with van der Waals surface area (Å²) in [6.07, 6.45) is 2.77. The Balaban J connectivity index is 1.69. The van der Waals surface area contributed by atoms with E-state index >= 15 is 0 Å². The summed E-state index contributed by atoms with van der Waals surface area (Å²) in [7, 11) is 1.37. The summed E-state index contributed by atoms with van der Waals surface area (Å²) >= 11 is 6.07. The van der Waals surface area contributed by atoms with Gasteiger partial charge >= 0.3 is 12.1 Å². The predicted molar refractivity (Wildman–Crippen MR) is 137 cm³/mol. The van der Waals surface area contributed by atoms with Crippen LogP contribution in [0.2, 0.25) is 5.02 Å². The SMILES string of the molecule is COC(=O)N1c2ccc3c(nc(C(O)c4ccc(Cl)cc4)n3[C@@H]3CCC[C@@H](C(=O)O)C3)c2CC[C@@H]1C. The fraction of sp³-hybridized carbons (Fsp3) is 0.444. The van der Waals surface area contributed by atoms with Gasteiger partial charge in [0.15, 0.2) is 0 Å². The normalized spacial score (nSPS) is 22.8. The average molecular weight is 512 g/mol. The summed E-state index contributed by atoms with van der Waals surface area (Å²) in [6, 6.07) is 10.7. The van der Waals surface area contributed by atoms with Crippen molar-refractivity contribution in [3.63, 3.8) is 0 Å². The second-order valence-electron chi connectivity index (χ2n) is 9.81. The number of amides is 1. The van der Waals surface area contributed by atoms with Crippen molar-refractivity contribution in [3.8, 4) is 0 Å². The van der Waals surface area contributed by atoms with E-state index in [0.717, 1.165) is 48.0 Å². The second-order valence-corrected chi connectivity index (χ2v) is 10.2. The van der Waals surface area contributed by atoms with Crippen LogP contribution >= 0.6 is 11.6 Å². The Hall–Kier alpha value is -3.10. The number of hydrogen-bond donors (Lipinski definition) is 2. The summed E-state index contributed by atoms with van der Waals surface area (Å²) in [4.78, 5) is 31.0. The van der Waals surface area contributed by atoms with Crippen molar-refractivity contribution < 1.29 is 24.5 Å². The van der Waals surface area contributed by atoms with Crippen LogP contribution in [0.4, 0.5) is 10.5 Å². The summed E-state index contributed by atoms with van der Waals surface area (Å²) in [5, 5.41) is 21.7. The van der Waals surface area contributed by atoms with Crippen LogP contribution in [0.15, 0.2) is 36.4 Å². The highest BCUT2D eigenvalue weighted by atomic mass is 35.5. The molecular formula is C27H30ClN3O5. The van der Waals surface area contributed by atoms with Gasteiger partial charge in [0, 0.05) is 22.7 Å². The molecule has 1 amide bonds. The van der Waals surface area contributed by atoms with Gasteiger partial charge in [-0.2, -0.15) is 0 Å². The molecule has 4 atom stereocenters. The minimum absolute atomic E-state index is 0.0155. The molecule has 5 rings (SSSR count). The number of methoxy groups -OCH3 is 1. The van der Waals surface area contributed by atoms with E-state index in [2.05, 4.69) is 0 Å². The number of aliphatic hydroxyl groups is 1. The molecule has 0 radical (unpaired) electrons. The molecule has 2 aromatic carbocycles. The van der Waals surface area contributed by atoms with Gasteiger partial charge in [-0.1, -0.05) is 30.2 Å². The quantitative estimate of drug-likeness (QED) is 0.479. The number of halogens is 1. The minimum atomic E-state index is -1.02. The van der Waals surface area contributed by atoms with Crippen molar-refractivity contribution in [3.05, 3.63) is 58.4 Å². The van der Waals surface area contributed by atoms with Crippen molar-refractivity contribution in [2.45, 2.75) is 63.6 Å². The van der Waals surface area contributed by atoms with Crippen LogP contribution in [0.1, 0.15) is 68.1 Å². The molecule has 0 spiro atoms. The lowest BCUT2D eigenvalue weighted by Crippen LogP contribution is -2.42. The number of anilines is 1. The molecule has 2 heterocycles. The molecule has 0 saturated heterocycles. The number of nitrogens with zero attached hydrogens (tertiary/aromatic N) is 3. The highest BCUT2D eigenvalue weighted by Gasteiger charge is 2.35. The number of carboxylic acid groups (broad SMARTS) is 1. The summed E-state index contributed by atoms with van der Waals surface area (Å²) in [5.41, 5.74) is 3.92. The van der Waals surface area contributed by atoms with Crippen molar-refractivity contribution in [2.24, 2.45) is 5.92 Å². The maximum atomic E-state index is 12.6. The largest absolute Gasteiger partial charge is 0.481 e. The highest BCUT2D eigenvalue weighted by molar-refractivity contribution is 6.30. The van der Waals surface area contributed by atoms with Crippen LogP contribution in [0, 0.1) is 5.92 Å². The maximum Gasteiger partial charge on any atom is 0.414 e. The Labute approximate surface area is 214 Å². The van der Waals surface area contributed by atoms with Crippen molar-refractivity contribution >= 4 is 40.4 Å². The van der Waals surface area contributed by atoms with E-state index in [1.165, 1.54) is 7.11 Å². The highest BCUT2D eigenvalue weighted by Crippen LogP contribution is 2.42. The standard InChI is InChI=1S/C27H30ClN3O5/c1-15-6-11-20-21(30(15)27(35)36-2)12-13-22-23(20)29-25(24(32)16-7-9-18(28)10-8-16)31(22)19-5-3-4-17(14-19)26(33)34/h7-10,12-13,15,17,19,24,32H,3-6,11,14H2,1-2H3,(H,33,34)/t15-,17+,19+,24?/m0/s1. The third-order valence-corrected chi connectivity index (χ3v) is 7.90. The molecule has 36 heavy (non-hydrogen) atoms. The van der Waals surface area contributed by atoms with Gasteiger partial charge in [-0.25, -0.2) is 9.78 Å². The Morgan fingerprint density at radius 1 is 1.14 bits per heavy atom. The lowest BCUT2D eigenvalue weighted by Gasteiger charge is -2.34. The number of aryl methyl sites for hydroxylation is 1. The summed E-state index contributed by atoms with van der Waals surface area (Å²) < 4.78 is 7.08. The van der Waals surface area contributed by atoms with Crippen molar-refractivity contribution in [1.29, 1.82) is 0 Å². The number of aromatic nitrogens is 2. The molecule has 1 saturated carbocycles. The van der Waals surface area contributed by atoms with Gasteiger partial charge in [-0.3, -0.25) is 9.69 Å². The molecule has 2 aliphatic rings. The van der Waals surface area contributed by atoms with E-state index in [0.29, 0.717) is 29.3 Å². The van der Waals surface area contributed by atoms with Crippen molar-refractivity contribution in [1.82, 2.24) is 9.55 Å². The monoisotopic (exact) mass is 511 g/mol. The van der Waals surface area contributed by atoms with Gasteiger partial charge in [0.25, 0.3) is 0 Å². The van der Waals surface area contributed by atoms with Gasteiger partial charge in [0.2, 0.25) is 0 Å². The van der Waals surface area contributed by atoms with E-state index in [4.69, 9.17) is 21.3 Å². The molecule has 8 nitrogen and oxygen atoms in total. The smallest absolute Gasteiger partial charge is 0.414 e. The third-order valence-electron chi connectivity index (χ3n) is 7.64. The zero-order chi connectivity index (χ0) is 25.6. The lowest BCUT2D eigenvalue weighted by molar-refractivity contribution is -0.143. The van der Waals surface area contributed by atoms with E-state index in [1.54, 1.807) is 29.2 Å². The Morgan fingerprint density at radius 2 is 1.89 bits per heavy atom. The first-order valence-corrected chi connectivity index (χ1v) is 12.7. The molecule has 1 aromatic heterocycles. The zero-order valence-electron chi connectivity index (χ0n) is 20.4. The molecule has 1 unspecified atom stereocenters. The third kappa shape index (κ3) is 4.22. The first kappa shape index (κ1) is 24.6. The molecule has 2 N–H and O–H groups in total. The predicted octanol–water partition coefficient (Wildman–Crippen LogP) is 5.49. The van der Waals surface area contributed by atoms with Gasteiger partial charge in [-0.05, 0) is 68.9 Å². The molecular weight excluding hydrogens is 482 g/mol. The molecule has 3 aromatic rings. The summed E-state index contributed by atoms with van der Waals surface area (Å²) in [5.74, 6) is -0.751. The van der Waals surface area contributed by atoms with Crippen LogP contribution in [0.25, 0.3) is 11.0 Å². The number of carbonyl (C=O) groups excluding carboxylic acids is 1. The molecule has 0 bridgehead atoms. The molecule has 190 valence electrons. The Morgan fingerprint density at radius 3 is 2.58 bits per heavy atom. The molecule has 1 aliphatic carbocycles. The number of rotatable bonds is 4. The van der Waals surface area contributed by atoms with Crippen LogP contribution in [-0.2, 0) is 16.0 Å². The number of benzene rings is 2. The Bertz CT molecular complexity index is 1300. The lowest BCUT2D eigenvalue weighted by atomic mass is 9.85. The van der Waals surface area contributed by atoms with Gasteiger partial charge < -0.3 is 19.5 Å². The number of imidazole rings is 1. The summed E-state index contributed by atoms with van der Waals surface area (Å²) in [6.45, 7) is 1.99. The van der Waals surface area contributed by atoms with E-state index in [1.807, 2.05) is 23.6 Å². The van der Waals surface area contributed by atoms with E-state index in [-0.39, 0.29) is 12.1 Å². The van der Waals surface area contributed by atoms with Gasteiger partial charge in [-0.15, -0.1) is 0 Å². The number of hydrogen-bond acceptors (Lipinski definition) is 5. The average Bonchev–Trinajstić information content (AvgIpc) is 3.28. The fourth-order valence-electron chi connectivity index (χ4n) is 5.79. The first-order valence-electron chi connectivity index (χ1n) is 12.4. The number of aliphatic carboxylic acids is 1. The van der Waals surface area contributed by atoms with Crippen LogP contribution < -0.4 is 4.90 Å². The molecule has 9 heteroatoms. The topological polar surface area (TPSA) is 105 Å². The number of carboxylic acids is 1. The van der Waals surface area contributed by atoms with E-state index < -0.39 is 24.1 Å². The number of ether oxygens (including phenoxy) is 1. The second kappa shape index (κ2) is 9.75. The van der Waals surface area contributed by atoms with Crippen LogP contribution in [0.5, 0.6) is 0 Å². The molecule has 1 aliphatic heterocycles. The van der Waals surface area contributed by atoms with Crippen LogP contribution in [-0.4, -0.2) is 45.0 Å². The number of fused-ring (bicyclic) bond motifs is 3. The number of aliphatic hydroxyl groups excluding tert-OH is 1. The minimum Gasteiger partial charge on any atom is -0.481 e. The zero-order valence-corrected chi connectivity index (χ0v) is 21.1. The van der Waals surface area contributed by atoms with Crippen molar-refractivity contribution in [2.75, 3.05) is 12.0 Å².